The van der Waals surface area contributed by atoms with E-state index in [2.05, 4.69) is 5.32 Å². The summed E-state index contributed by atoms with van der Waals surface area (Å²) in [5, 5.41) is 4.69. The van der Waals surface area contributed by atoms with Crippen LogP contribution in [0.25, 0.3) is 10.8 Å². The molecule has 174 valence electrons. The molecule has 0 aliphatic carbocycles. The molecule has 0 radical (unpaired) electrons. The standard InChI is InChI=1S/C24H26ClN3O4S/c1-17(24(30)26-2)28(15-20-10-6-7-11-22(20)25)23(29)16-27(3)33(31,32)21-13-12-18-8-4-5-9-19(18)14-21/h4-14,17H,15-16H2,1-3H3,(H,26,30)/t17-/m0/s1. The van der Waals surface area contributed by atoms with Crippen molar-refractivity contribution in [2.75, 3.05) is 20.6 Å². The van der Waals surface area contributed by atoms with E-state index in [1.54, 1.807) is 43.3 Å². The van der Waals surface area contributed by atoms with Gasteiger partial charge in [0.15, 0.2) is 0 Å². The van der Waals surface area contributed by atoms with Gasteiger partial charge in [0.05, 0.1) is 11.4 Å². The molecule has 0 fully saturated rings. The van der Waals surface area contributed by atoms with Gasteiger partial charge in [-0.05, 0) is 41.5 Å². The van der Waals surface area contributed by atoms with Gasteiger partial charge >= 0.3 is 0 Å². The fourth-order valence-electron chi connectivity index (χ4n) is 3.48. The minimum atomic E-state index is -3.93. The zero-order chi connectivity index (χ0) is 24.2. The van der Waals surface area contributed by atoms with Crippen molar-refractivity contribution in [3.8, 4) is 0 Å². The first kappa shape index (κ1) is 24.7. The zero-order valence-electron chi connectivity index (χ0n) is 18.7. The van der Waals surface area contributed by atoms with Gasteiger partial charge in [-0.25, -0.2) is 8.42 Å². The largest absolute Gasteiger partial charge is 0.357 e. The van der Waals surface area contributed by atoms with Crippen molar-refractivity contribution < 1.29 is 18.0 Å². The second kappa shape index (κ2) is 10.3. The van der Waals surface area contributed by atoms with Gasteiger partial charge in [-0.15, -0.1) is 0 Å². The van der Waals surface area contributed by atoms with Crippen LogP contribution < -0.4 is 5.32 Å². The number of hydrogen-bond donors (Lipinski definition) is 1. The fraction of sp³-hybridized carbons (Fsp3) is 0.250. The number of carbonyl (C=O) groups excluding carboxylic acids is 2. The van der Waals surface area contributed by atoms with Gasteiger partial charge in [-0.1, -0.05) is 60.1 Å². The van der Waals surface area contributed by atoms with Gasteiger partial charge in [-0.2, -0.15) is 4.31 Å². The fourth-order valence-corrected chi connectivity index (χ4v) is 4.83. The topological polar surface area (TPSA) is 86.8 Å². The highest BCUT2D eigenvalue weighted by molar-refractivity contribution is 7.89. The number of hydrogen-bond acceptors (Lipinski definition) is 4. The number of rotatable bonds is 8. The van der Waals surface area contributed by atoms with Crippen LogP contribution in [0.15, 0.2) is 71.6 Å². The lowest BCUT2D eigenvalue weighted by molar-refractivity contribution is -0.140. The van der Waals surface area contributed by atoms with Crippen molar-refractivity contribution in [2.24, 2.45) is 0 Å². The van der Waals surface area contributed by atoms with E-state index >= 15 is 0 Å². The maximum Gasteiger partial charge on any atom is 0.243 e. The van der Waals surface area contributed by atoms with Crippen LogP contribution >= 0.6 is 11.6 Å². The molecule has 9 heteroatoms. The third-order valence-electron chi connectivity index (χ3n) is 5.50. The van der Waals surface area contributed by atoms with Crippen LogP contribution in [0.4, 0.5) is 0 Å². The maximum absolute atomic E-state index is 13.2. The zero-order valence-corrected chi connectivity index (χ0v) is 20.2. The van der Waals surface area contributed by atoms with E-state index in [1.165, 1.54) is 25.1 Å². The lowest BCUT2D eigenvalue weighted by Crippen LogP contribution is -2.50. The molecule has 7 nitrogen and oxygen atoms in total. The molecule has 3 aromatic carbocycles. The Morgan fingerprint density at radius 2 is 1.64 bits per heavy atom. The monoisotopic (exact) mass is 487 g/mol. The molecule has 1 atom stereocenters. The van der Waals surface area contributed by atoms with Crippen LogP contribution in [-0.2, 0) is 26.2 Å². The highest BCUT2D eigenvalue weighted by Crippen LogP contribution is 2.22. The Bertz CT molecular complexity index is 1280. The Hall–Kier alpha value is -2.94. The third-order valence-corrected chi connectivity index (χ3v) is 7.67. The third kappa shape index (κ3) is 5.52. The lowest BCUT2D eigenvalue weighted by Gasteiger charge is -2.30. The Morgan fingerprint density at radius 3 is 2.30 bits per heavy atom. The molecule has 0 aliphatic rings. The summed E-state index contributed by atoms with van der Waals surface area (Å²) in [5.41, 5.74) is 0.656. The smallest absolute Gasteiger partial charge is 0.243 e. The molecular weight excluding hydrogens is 462 g/mol. The van der Waals surface area contributed by atoms with Crippen LogP contribution in [0.3, 0.4) is 0 Å². The van der Waals surface area contributed by atoms with Crippen LogP contribution in [0.5, 0.6) is 0 Å². The van der Waals surface area contributed by atoms with E-state index in [9.17, 15) is 18.0 Å². The average Bonchev–Trinajstić information content (AvgIpc) is 2.82. The van der Waals surface area contributed by atoms with E-state index in [1.807, 2.05) is 24.3 Å². The summed E-state index contributed by atoms with van der Waals surface area (Å²) in [6, 6.07) is 18.4. The van der Waals surface area contributed by atoms with Gasteiger partial charge in [0.2, 0.25) is 21.8 Å². The van der Waals surface area contributed by atoms with E-state index in [-0.39, 0.29) is 17.3 Å². The SMILES string of the molecule is CNC(=O)[C@H](C)N(Cc1ccccc1Cl)C(=O)CN(C)S(=O)(=O)c1ccc2ccccc2c1. The molecule has 0 unspecified atom stereocenters. The molecule has 3 rings (SSSR count). The van der Waals surface area contributed by atoms with Gasteiger partial charge in [0.25, 0.3) is 0 Å². The van der Waals surface area contributed by atoms with Crippen LogP contribution in [0, 0.1) is 0 Å². The van der Waals surface area contributed by atoms with Gasteiger partial charge in [0, 0.05) is 25.7 Å². The summed E-state index contributed by atoms with van der Waals surface area (Å²) in [5.74, 6) is -0.881. The maximum atomic E-state index is 13.2. The van der Waals surface area contributed by atoms with Crippen molar-refractivity contribution in [3.05, 3.63) is 77.3 Å². The summed E-state index contributed by atoms with van der Waals surface area (Å²) >= 11 is 6.25. The Morgan fingerprint density at radius 1 is 1.00 bits per heavy atom. The molecule has 0 heterocycles. The van der Waals surface area contributed by atoms with Crippen molar-refractivity contribution in [1.29, 1.82) is 0 Å². The van der Waals surface area contributed by atoms with Gasteiger partial charge in [0.1, 0.15) is 6.04 Å². The van der Waals surface area contributed by atoms with Crippen molar-refractivity contribution in [3.63, 3.8) is 0 Å². The molecule has 0 saturated carbocycles. The lowest BCUT2D eigenvalue weighted by atomic mass is 10.1. The van der Waals surface area contributed by atoms with E-state index in [4.69, 9.17) is 11.6 Å². The van der Waals surface area contributed by atoms with Crippen LogP contribution in [0.2, 0.25) is 5.02 Å². The molecule has 0 bridgehead atoms. The van der Waals surface area contributed by atoms with E-state index < -0.39 is 28.5 Å². The van der Waals surface area contributed by atoms with Crippen LogP contribution in [-0.4, -0.2) is 56.1 Å². The number of fused-ring (bicyclic) bond motifs is 1. The summed E-state index contributed by atoms with van der Waals surface area (Å²) in [6.07, 6.45) is 0. The predicted octanol–water partition coefficient (Wildman–Crippen LogP) is 3.28. The highest BCUT2D eigenvalue weighted by Gasteiger charge is 2.30. The minimum absolute atomic E-state index is 0.0664. The minimum Gasteiger partial charge on any atom is -0.357 e. The first-order chi connectivity index (χ1) is 15.6. The number of halogens is 1. The van der Waals surface area contributed by atoms with Gasteiger partial charge in [-0.3, -0.25) is 9.59 Å². The normalized spacial score (nSPS) is 12.5. The second-order valence-corrected chi connectivity index (χ2v) is 10.1. The number of carbonyl (C=O) groups is 2. The number of nitrogens with one attached hydrogen (secondary N) is 1. The van der Waals surface area contributed by atoms with Gasteiger partial charge < -0.3 is 10.2 Å². The summed E-state index contributed by atoms with van der Waals surface area (Å²) < 4.78 is 27.3. The average molecular weight is 488 g/mol. The predicted molar refractivity (Wildman–Crippen MR) is 129 cm³/mol. The molecule has 0 aromatic heterocycles. The molecule has 0 saturated heterocycles. The summed E-state index contributed by atoms with van der Waals surface area (Å²) in [6.45, 7) is 1.23. The molecule has 33 heavy (non-hydrogen) atoms. The van der Waals surface area contributed by atoms with Crippen molar-refractivity contribution in [1.82, 2.24) is 14.5 Å². The summed E-state index contributed by atoms with van der Waals surface area (Å²) in [7, 11) is -1.11. The van der Waals surface area contributed by atoms with Crippen LogP contribution in [0.1, 0.15) is 12.5 Å². The number of sulfonamides is 1. The number of nitrogens with zero attached hydrogens (tertiary/aromatic N) is 2. The molecule has 1 N–H and O–H groups in total. The first-order valence-electron chi connectivity index (χ1n) is 10.3. The highest BCUT2D eigenvalue weighted by atomic mass is 35.5. The molecule has 0 aliphatic heterocycles. The second-order valence-electron chi connectivity index (χ2n) is 7.67. The molecule has 2 amide bonds. The van der Waals surface area contributed by atoms with Crippen molar-refractivity contribution >= 4 is 44.2 Å². The Kier molecular flexibility index (Phi) is 7.73. The Labute approximate surface area is 199 Å². The van der Waals surface area contributed by atoms with E-state index in [0.717, 1.165) is 15.1 Å². The molecular formula is C24H26ClN3O4S. The Balaban J connectivity index is 1.86. The molecule has 0 spiro atoms. The van der Waals surface area contributed by atoms with Crippen molar-refractivity contribution in [2.45, 2.75) is 24.4 Å². The number of amides is 2. The number of likely N-dealkylation sites (N-methyl/N-ethyl adjacent to an activating group) is 2. The first-order valence-corrected chi connectivity index (χ1v) is 12.2. The van der Waals surface area contributed by atoms with E-state index in [0.29, 0.717) is 10.6 Å². The number of benzene rings is 3. The quantitative estimate of drug-likeness (QED) is 0.528. The summed E-state index contributed by atoms with van der Waals surface area (Å²) in [4.78, 5) is 26.9. The molecule has 3 aromatic rings.